The smallest absolute Gasteiger partial charge is 0.335 e. The lowest BCUT2D eigenvalue weighted by atomic mass is 9.73. The summed E-state index contributed by atoms with van der Waals surface area (Å²) in [6.45, 7) is 6.84. The van der Waals surface area contributed by atoms with Gasteiger partial charge in [-0.1, -0.05) is 50.2 Å². The molecule has 2 unspecified atom stereocenters. The fourth-order valence-corrected chi connectivity index (χ4v) is 3.81. The fraction of sp³-hybridized carbons (Fsp3) is 0.417. The largest absolute Gasteiger partial charge is 0.479 e. The Labute approximate surface area is 188 Å². The molecule has 0 fully saturated rings. The van der Waals surface area contributed by atoms with E-state index >= 15 is 0 Å². The van der Waals surface area contributed by atoms with E-state index in [1.54, 1.807) is 0 Å². The van der Waals surface area contributed by atoms with E-state index in [1.807, 2.05) is 0 Å². The third-order valence-electron chi connectivity index (χ3n) is 5.53. The van der Waals surface area contributed by atoms with Crippen LogP contribution >= 0.6 is 0 Å². The molecule has 3 rings (SSSR count). The first-order chi connectivity index (χ1) is 15.0. The van der Waals surface area contributed by atoms with Gasteiger partial charge in [-0.2, -0.15) is 0 Å². The Morgan fingerprint density at radius 3 is 1.66 bits per heavy atom. The molecule has 2 aromatic rings. The molecule has 0 aliphatic carbocycles. The summed E-state index contributed by atoms with van der Waals surface area (Å²) < 4.78 is 0. The second-order valence-electron chi connectivity index (χ2n) is 8.53. The Kier molecular flexibility index (Phi) is 8.38. The van der Waals surface area contributed by atoms with E-state index < -0.39 is 24.1 Å². The molecular weight excluding hydrogens is 412 g/mol. The number of aliphatic carboxylic acids is 2. The molecule has 0 saturated heterocycles. The zero-order valence-corrected chi connectivity index (χ0v) is 18.9. The molecule has 2 atom stereocenters. The van der Waals surface area contributed by atoms with Crippen LogP contribution in [0.1, 0.15) is 31.4 Å². The van der Waals surface area contributed by atoms with Gasteiger partial charge in [0.15, 0.2) is 12.2 Å². The highest BCUT2D eigenvalue weighted by Crippen LogP contribution is 2.48. The lowest BCUT2D eigenvalue weighted by Crippen LogP contribution is -2.39. The van der Waals surface area contributed by atoms with Gasteiger partial charge in [0.2, 0.25) is 0 Å². The lowest BCUT2D eigenvalue weighted by Gasteiger charge is -2.42. The standard InChI is InChI=1S/C20H26N2.C4H6O6/c1-20(2)16-10-5-7-12-18(16)22(15-9-14-21(3)4)19-13-8-6-11-17(19)20;5-1(3(7)8)2(6)4(9)10/h5-8,10-13H,9,14-15H2,1-4H3;1-2,5-6H,(H,7,8)(H,9,10). The van der Waals surface area contributed by atoms with Crippen LogP contribution in [0, 0.1) is 0 Å². The van der Waals surface area contributed by atoms with Gasteiger partial charge >= 0.3 is 11.9 Å². The third kappa shape index (κ3) is 5.64. The average molecular weight is 445 g/mol. The number of carbonyl (C=O) groups is 2. The number of carboxylic acid groups (broad SMARTS) is 2. The molecule has 0 spiro atoms. The van der Waals surface area contributed by atoms with E-state index in [-0.39, 0.29) is 5.41 Å². The van der Waals surface area contributed by atoms with Gasteiger partial charge in [0, 0.05) is 23.3 Å². The van der Waals surface area contributed by atoms with E-state index in [2.05, 4.69) is 86.3 Å². The van der Waals surface area contributed by atoms with Gasteiger partial charge in [0.1, 0.15) is 0 Å². The van der Waals surface area contributed by atoms with Crippen LogP contribution in [0.25, 0.3) is 0 Å². The number of aliphatic hydroxyl groups is 2. The van der Waals surface area contributed by atoms with Crippen molar-refractivity contribution in [3.8, 4) is 0 Å². The number of hydrogen-bond acceptors (Lipinski definition) is 6. The predicted octanol–water partition coefficient (Wildman–Crippen LogP) is 2.29. The van der Waals surface area contributed by atoms with Gasteiger partial charge in [-0.05, 0) is 50.3 Å². The average Bonchev–Trinajstić information content (AvgIpc) is 2.75. The molecule has 1 aliphatic rings. The molecule has 0 amide bonds. The Morgan fingerprint density at radius 2 is 1.28 bits per heavy atom. The molecule has 1 heterocycles. The normalized spacial score (nSPS) is 15.7. The minimum absolute atomic E-state index is 0.0607. The highest BCUT2D eigenvalue weighted by molar-refractivity contribution is 5.83. The van der Waals surface area contributed by atoms with Crippen LogP contribution in [-0.2, 0) is 15.0 Å². The van der Waals surface area contributed by atoms with Crippen molar-refractivity contribution in [1.82, 2.24) is 4.90 Å². The summed E-state index contributed by atoms with van der Waals surface area (Å²) in [7, 11) is 4.28. The van der Waals surface area contributed by atoms with Crippen LogP contribution in [0.4, 0.5) is 11.4 Å². The number of para-hydroxylation sites is 2. The summed E-state index contributed by atoms with van der Waals surface area (Å²) >= 11 is 0. The van der Waals surface area contributed by atoms with E-state index in [9.17, 15) is 9.59 Å². The van der Waals surface area contributed by atoms with Crippen molar-refractivity contribution in [3.63, 3.8) is 0 Å². The van der Waals surface area contributed by atoms with Crippen LogP contribution in [0.15, 0.2) is 48.5 Å². The monoisotopic (exact) mass is 444 g/mol. The number of hydrogen-bond donors (Lipinski definition) is 4. The highest BCUT2D eigenvalue weighted by Gasteiger charge is 2.35. The molecule has 32 heavy (non-hydrogen) atoms. The first kappa shape index (κ1) is 25.3. The molecule has 0 aromatic heterocycles. The van der Waals surface area contributed by atoms with Gasteiger partial charge in [0.05, 0.1) is 0 Å². The maximum atomic E-state index is 9.77. The zero-order valence-electron chi connectivity index (χ0n) is 18.9. The SMILES string of the molecule is CN(C)CCCN1c2ccccc2C(C)(C)c2ccccc21.O=C(O)C(O)C(O)C(=O)O. The van der Waals surface area contributed by atoms with Gasteiger partial charge in [-0.25, -0.2) is 9.59 Å². The molecule has 0 saturated carbocycles. The van der Waals surface area contributed by atoms with E-state index in [4.69, 9.17) is 20.4 Å². The van der Waals surface area contributed by atoms with Crippen LogP contribution in [-0.4, -0.2) is 76.7 Å². The summed E-state index contributed by atoms with van der Waals surface area (Å²) in [5, 5.41) is 32.5. The Balaban J connectivity index is 0.000000309. The summed E-state index contributed by atoms with van der Waals surface area (Å²) in [5.41, 5.74) is 5.65. The predicted molar refractivity (Wildman–Crippen MR) is 122 cm³/mol. The molecule has 2 aromatic carbocycles. The lowest BCUT2D eigenvalue weighted by molar-refractivity contribution is -0.165. The van der Waals surface area contributed by atoms with Crippen LogP contribution in [0.2, 0.25) is 0 Å². The first-order valence-corrected chi connectivity index (χ1v) is 10.4. The Morgan fingerprint density at radius 1 is 0.875 bits per heavy atom. The van der Waals surface area contributed by atoms with Crippen molar-refractivity contribution in [2.45, 2.75) is 37.9 Å². The summed E-state index contributed by atoms with van der Waals surface area (Å²) in [5.74, 6) is -3.54. The Hall–Kier alpha value is -2.94. The second-order valence-corrected chi connectivity index (χ2v) is 8.53. The van der Waals surface area contributed by atoms with Gasteiger partial charge in [-0.15, -0.1) is 0 Å². The summed E-state index contributed by atoms with van der Waals surface area (Å²) in [6.07, 6.45) is -3.37. The number of benzene rings is 2. The minimum atomic E-state index is -2.27. The highest BCUT2D eigenvalue weighted by atomic mass is 16.4. The number of carboxylic acids is 2. The van der Waals surface area contributed by atoms with Crippen molar-refractivity contribution in [3.05, 3.63) is 59.7 Å². The van der Waals surface area contributed by atoms with Gasteiger partial charge in [-0.3, -0.25) is 0 Å². The second kappa shape index (κ2) is 10.6. The summed E-state index contributed by atoms with van der Waals surface area (Å²) in [4.78, 5) is 24.3. The number of rotatable bonds is 7. The first-order valence-electron chi connectivity index (χ1n) is 10.4. The number of nitrogens with zero attached hydrogens (tertiary/aromatic N) is 2. The molecule has 0 bridgehead atoms. The van der Waals surface area contributed by atoms with Crippen LogP contribution < -0.4 is 4.90 Å². The van der Waals surface area contributed by atoms with Crippen LogP contribution in [0.3, 0.4) is 0 Å². The molecule has 174 valence electrons. The van der Waals surface area contributed by atoms with Crippen LogP contribution in [0.5, 0.6) is 0 Å². The fourth-order valence-electron chi connectivity index (χ4n) is 3.81. The number of aliphatic hydroxyl groups excluding tert-OH is 2. The number of fused-ring (bicyclic) bond motifs is 2. The van der Waals surface area contributed by atoms with Crippen molar-refractivity contribution in [2.24, 2.45) is 0 Å². The van der Waals surface area contributed by atoms with Gasteiger partial charge in [0.25, 0.3) is 0 Å². The third-order valence-corrected chi connectivity index (χ3v) is 5.53. The minimum Gasteiger partial charge on any atom is -0.479 e. The molecule has 8 heteroatoms. The van der Waals surface area contributed by atoms with E-state index in [1.165, 1.54) is 22.5 Å². The maximum Gasteiger partial charge on any atom is 0.335 e. The molecule has 4 N–H and O–H groups in total. The molecule has 8 nitrogen and oxygen atoms in total. The Bertz CT molecular complexity index is 876. The molecular formula is C24H32N2O6. The van der Waals surface area contributed by atoms with E-state index in [0.717, 1.165) is 19.5 Å². The number of anilines is 2. The molecule has 0 radical (unpaired) electrons. The van der Waals surface area contributed by atoms with Crippen molar-refractivity contribution >= 4 is 23.3 Å². The van der Waals surface area contributed by atoms with Crippen molar-refractivity contribution < 1.29 is 30.0 Å². The van der Waals surface area contributed by atoms with Crippen molar-refractivity contribution in [2.75, 3.05) is 32.1 Å². The summed E-state index contributed by atoms with van der Waals surface area (Å²) in [6, 6.07) is 17.7. The van der Waals surface area contributed by atoms with E-state index in [0.29, 0.717) is 0 Å². The zero-order chi connectivity index (χ0) is 24.1. The topological polar surface area (TPSA) is 122 Å². The van der Waals surface area contributed by atoms with Crippen molar-refractivity contribution in [1.29, 1.82) is 0 Å². The quantitative estimate of drug-likeness (QED) is 0.513. The van der Waals surface area contributed by atoms with Gasteiger partial charge < -0.3 is 30.2 Å². The maximum absolute atomic E-state index is 9.77. The molecule has 1 aliphatic heterocycles.